The molecule has 0 aromatic heterocycles. The van der Waals surface area contributed by atoms with Crippen molar-refractivity contribution in [2.75, 3.05) is 19.8 Å². The summed E-state index contributed by atoms with van der Waals surface area (Å²) in [4.78, 5) is 0. The molecule has 2 unspecified atom stereocenters. The highest BCUT2D eigenvalue weighted by molar-refractivity contribution is 5.71. The lowest BCUT2D eigenvalue weighted by Crippen LogP contribution is -2.28. The normalized spacial score (nSPS) is 17.4. The predicted molar refractivity (Wildman–Crippen MR) is 149 cm³/mol. The molecule has 0 saturated carbocycles. The molecule has 0 N–H and O–H groups in total. The van der Waals surface area contributed by atoms with Crippen molar-refractivity contribution in [3.05, 3.63) is 89.5 Å². The van der Waals surface area contributed by atoms with Crippen LogP contribution in [0, 0.1) is 23.3 Å². The fourth-order valence-corrected chi connectivity index (χ4v) is 4.83. The number of ether oxygens (including phenoxy) is 3. The molecule has 1 saturated heterocycles. The highest BCUT2D eigenvalue weighted by Crippen LogP contribution is 2.36. The number of halogens is 4. The first-order chi connectivity index (χ1) is 19.4. The Labute approximate surface area is 233 Å². The Morgan fingerprint density at radius 1 is 0.800 bits per heavy atom. The number of benzene rings is 3. The number of hydrogen-bond donors (Lipinski definition) is 0. The standard InChI is InChI=1S/C33H36F4O3/c1-3-5-7-8-20-39-29-18-16-26(31(35)33(29)37)23-11-9-22(10-12-23)25-14-15-27(32(36)30(25)34)28-17-13-24(21-40-28)38-19-6-4-2/h4,6,9-12,14-16,18,24,28H,3,5,7-8,13,17,19-21H2,1-2H3. The molecule has 1 aliphatic heterocycles. The van der Waals surface area contributed by atoms with Crippen molar-refractivity contribution in [1.29, 1.82) is 0 Å². The smallest absolute Gasteiger partial charge is 0.201 e. The fraction of sp³-hybridized carbons (Fsp3) is 0.394. The highest BCUT2D eigenvalue weighted by Gasteiger charge is 2.27. The Hall–Kier alpha value is -3.16. The lowest BCUT2D eigenvalue weighted by Gasteiger charge is -2.29. The van der Waals surface area contributed by atoms with Gasteiger partial charge in [-0.2, -0.15) is 4.39 Å². The van der Waals surface area contributed by atoms with Crippen LogP contribution in [-0.4, -0.2) is 25.9 Å². The molecule has 2 atom stereocenters. The monoisotopic (exact) mass is 556 g/mol. The SMILES string of the molecule is CC=CCOC1CCC(c2ccc(-c3ccc(-c4ccc(OCCCCCC)c(F)c4F)cc3)c(F)c2F)OC1. The average Bonchev–Trinajstić information content (AvgIpc) is 2.97. The van der Waals surface area contributed by atoms with Crippen LogP contribution in [0.2, 0.25) is 0 Å². The van der Waals surface area contributed by atoms with Gasteiger partial charge in [-0.25, -0.2) is 13.2 Å². The van der Waals surface area contributed by atoms with E-state index in [4.69, 9.17) is 14.2 Å². The van der Waals surface area contributed by atoms with E-state index in [0.717, 1.165) is 25.7 Å². The van der Waals surface area contributed by atoms with Crippen LogP contribution in [0.3, 0.4) is 0 Å². The maximum atomic E-state index is 15.2. The van der Waals surface area contributed by atoms with Gasteiger partial charge >= 0.3 is 0 Å². The minimum Gasteiger partial charge on any atom is -0.490 e. The van der Waals surface area contributed by atoms with E-state index in [1.807, 2.05) is 19.1 Å². The molecule has 214 valence electrons. The Morgan fingerprint density at radius 3 is 2.10 bits per heavy atom. The van der Waals surface area contributed by atoms with Crippen molar-refractivity contribution in [3.8, 4) is 28.0 Å². The van der Waals surface area contributed by atoms with Crippen molar-refractivity contribution in [1.82, 2.24) is 0 Å². The lowest BCUT2D eigenvalue weighted by molar-refractivity contribution is -0.0817. The minimum atomic E-state index is -1.04. The van der Waals surface area contributed by atoms with Crippen LogP contribution in [0.1, 0.15) is 64.0 Å². The van der Waals surface area contributed by atoms with Gasteiger partial charge in [0.1, 0.15) is 0 Å². The molecule has 0 amide bonds. The number of allylic oxidation sites excluding steroid dienone is 1. The zero-order valence-corrected chi connectivity index (χ0v) is 23.0. The van der Waals surface area contributed by atoms with E-state index in [2.05, 4.69) is 6.92 Å². The maximum Gasteiger partial charge on any atom is 0.201 e. The summed E-state index contributed by atoms with van der Waals surface area (Å²) < 4.78 is 76.7. The van der Waals surface area contributed by atoms with Crippen molar-refractivity contribution in [2.24, 2.45) is 0 Å². The molecular weight excluding hydrogens is 520 g/mol. The fourth-order valence-electron chi connectivity index (χ4n) is 4.83. The topological polar surface area (TPSA) is 27.7 Å². The zero-order chi connectivity index (χ0) is 28.5. The maximum absolute atomic E-state index is 15.2. The van der Waals surface area contributed by atoms with Gasteiger partial charge in [0.2, 0.25) is 5.82 Å². The molecule has 3 nitrogen and oxygen atoms in total. The molecule has 1 heterocycles. The van der Waals surface area contributed by atoms with Gasteiger partial charge in [-0.05, 0) is 49.4 Å². The highest BCUT2D eigenvalue weighted by atomic mass is 19.2. The largest absolute Gasteiger partial charge is 0.490 e. The van der Waals surface area contributed by atoms with Crippen LogP contribution in [0.25, 0.3) is 22.3 Å². The van der Waals surface area contributed by atoms with E-state index < -0.39 is 29.4 Å². The Bertz CT molecular complexity index is 1280. The molecule has 0 bridgehead atoms. The first-order valence-corrected chi connectivity index (χ1v) is 14.0. The second kappa shape index (κ2) is 14.5. The average molecular weight is 557 g/mol. The van der Waals surface area contributed by atoms with Crippen LogP contribution in [0.15, 0.2) is 60.7 Å². The van der Waals surface area contributed by atoms with Gasteiger partial charge in [0, 0.05) is 16.7 Å². The van der Waals surface area contributed by atoms with E-state index in [1.54, 1.807) is 30.3 Å². The lowest BCUT2D eigenvalue weighted by atomic mass is 9.95. The summed E-state index contributed by atoms with van der Waals surface area (Å²) in [6.07, 6.45) is 8.29. The van der Waals surface area contributed by atoms with E-state index in [-0.39, 0.29) is 28.5 Å². The molecule has 3 aromatic carbocycles. The molecule has 0 radical (unpaired) electrons. The zero-order valence-electron chi connectivity index (χ0n) is 23.0. The summed E-state index contributed by atoms with van der Waals surface area (Å²) >= 11 is 0. The quantitative estimate of drug-likeness (QED) is 0.126. The van der Waals surface area contributed by atoms with E-state index in [0.29, 0.717) is 43.8 Å². The van der Waals surface area contributed by atoms with Gasteiger partial charge < -0.3 is 14.2 Å². The third kappa shape index (κ3) is 7.12. The third-order valence-corrected chi connectivity index (χ3v) is 7.17. The van der Waals surface area contributed by atoms with Crippen LogP contribution in [0.5, 0.6) is 5.75 Å². The molecule has 0 spiro atoms. The molecule has 4 rings (SSSR count). The van der Waals surface area contributed by atoms with Crippen molar-refractivity contribution < 1.29 is 31.8 Å². The second-order valence-corrected chi connectivity index (χ2v) is 9.98. The van der Waals surface area contributed by atoms with Gasteiger partial charge in [0.25, 0.3) is 0 Å². The van der Waals surface area contributed by atoms with Gasteiger partial charge in [0.05, 0.1) is 32.0 Å². The van der Waals surface area contributed by atoms with Crippen molar-refractivity contribution in [3.63, 3.8) is 0 Å². The summed E-state index contributed by atoms with van der Waals surface area (Å²) in [6, 6.07) is 12.2. The van der Waals surface area contributed by atoms with Gasteiger partial charge in [-0.15, -0.1) is 0 Å². The van der Waals surface area contributed by atoms with Crippen LogP contribution < -0.4 is 4.74 Å². The molecule has 3 aromatic rings. The molecule has 1 aliphatic rings. The van der Waals surface area contributed by atoms with E-state index >= 15 is 8.78 Å². The van der Waals surface area contributed by atoms with Crippen molar-refractivity contribution >= 4 is 0 Å². The van der Waals surface area contributed by atoms with E-state index in [1.165, 1.54) is 18.2 Å². The Kier molecular flexibility index (Phi) is 10.8. The minimum absolute atomic E-state index is 0.0619. The third-order valence-electron chi connectivity index (χ3n) is 7.17. The van der Waals surface area contributed by atoms with Crippen LogP contribution in [-0.2, 0) is 9.47 Å². The summed E-state index contributed by atoms with van der Waals surface area (Å²) in [7, 11) is 0. The van der Waals surface area contributed by atoms with Crippen LogP contribution in [0.4, 0.5) is 17.6 Å². The summed E-state index contributed by atoms with van der Waals surface area (Å²) in [6.45, 7) is 5.14. The summed E-state index contributed by atoms with van der Waals surface area (Å²) in [5.74, 6) is -4.09. The predicted octanol–water partition coefficient (Wildman–Crippen LogP) is 9.35. The Morgan fingerprint density at radius 2 is 1.48 bits per heavy atom. The van der Waals surface area contributed by atoms with Gasteiger partial charge in [0.15, 0.2) is 23.2 Å². The van der Waals surface area contributed by atoms with Crippen LogP contribution >= 0.6 is 0 Å². The second-order valence-electron chi connectivity index (χ2n) is 9.98. The first-order valence-electron chi connectivity index (χ1n) is 14.0. The molecular formula is C33H36F4O3. The van der Waals surface area contributed by atoms with Gasteiger partial charge in [-0.3, -0.25) is 0 Å². The summed E-state index contributed by atoms with van der Waals surface area (Å²) in [5.41, 5.74) is 1.15. The molecule has 40 heavy (non-hydrogen) atoms. The van der Waals surface area contributed by atoms with Crippen molar-refractivity contribution in [2.45, 2.75) is 64.6 Å². The number of rotatable bonds is 12. The number of hydrogen-bond acceptors (Lipinski definition) is 3. The van der Waals surface area contributed by atoms with E-state index in [9.17, 15) is 8.78 Å². The molecule has 1 fully saturated rings. The summed E-state index contributed by atoms with van der Waals surface area (Å²) in [5, 5.41) is 0. The molecule has 7 heteroatoms. The number of unbranched alkanes of at least 4 members (excludes halogenated alkanes) is 3. The van der Waals surface area contributed by atoms with Gasteiger partial charge in [-0.1, -0.05) is 74.7 Å². The molecule has 0 aliphatic carbocycles. The Balaban J connectivity index is 1.44. The first kappa shape index (κ1) is 29.8.